The zero-order chi connectivity index (χ0) is 9.07. The van der Waals surface area contributed by atoms with Gasteiger partial charge in [-0.25, -0.2) is 0 Å². The molecule has 2 unspecified atom stereocenters. The van der Waals surface area contributed by atoms with E-state index < -0.39 is 24.1 Å². The first-order valence-corrected chi connectivity index (χ1v) is 3.45. The third-order valence-electron chi connectivity index (χ3n) is 1.86. The first-order valence-electron chi connectivity index (χ1n) is 3.45. The van der Waals surface area contributed by atoms with Crippen molar-refractivity contribution in [1.29, 1.82) is 0 Å². The Hall–Kier alpha value is -0.610. The Morgan fingerprint density at radius 1 is 1.64 bits per heavy atom. The van der Waals surface area contributed by atoms with Crippen LogP contribution in [0.25, 0.3) is 0 Å². The molecule has 0 fully saturated rings. The Labute approximate surface area is 65.5 Å². The molecule has 0 aromatic rings. The highest BCUT2D eigenvalue weighted by molar-refractivity contribution is 5.67. The molecule has 11 heavy (non-hydrogen) atoms. The van der Waals surface area contributed by atoms with Gasteiger partial charge in [-0.05, 0) is 12.8 Å². The van der Waals surface area contributed by atoms with E-state index in [0.29, 0.717) is 0 Å². The molecule has 2 atom stereocenters. The molecule has 0 bridgehead atoms. The van der Waals surface area contributed by atoms with E-state index in [1.807, 2.05) is 0 Å². The molecule has 0 radical (unpaired) electrons. The lowest BCUT2D eigenvalue weighted by Gasteiger charge is -2.26. The normalized spacial score (nSPS) is 18.9. The average molecular weight is 162 g/mol. The summed E-state index contributed by atoms with van der Waals surface area (Å²) in [7, 11) is 0. The van der Waals surface area contributed by atoms with Crippen molar-refractivity contribution >= 4 is 5.97 Å². The van der Waals surface area contributed by atoms with Crippen LogP contribution in [-0.4, -0.2) is 33.5 Å². The minimum Gasteiger partial charge on any atom is -0.481 e. The summed E-state index contributed by atoms with van der Waals surface area (Å²) in [5, 5.41) is 26.3. The Balaban J connectivity index is 4.01. The van der Waals surface area contributed by atoms with Crippen LogP contribution in [0.4, 0.5) is 0 Å². The standard InChI is InChI=1S/C7H14O4/c1-5(3-6(9)10)7(2,11)4-8/h5,8,11H,3-4H2,1-2H3,(H,9,10). The number of carboxylic acids is 1. The number of carbonyl (C=O) groups is 1. The highest BCUT2D eigenvalue weighted by Crippen LogP contribution is 2.18. The molecule has 0 saturated heterocycles. The molecular weight excluding hydrogens is 148 g/mol. The molecule has 0 saturated carbocycles. The number of hydrogen-bond donors (Lipinski definition) is 3. The number of hydrogen-bond acceptors (Lipinski definition) is 3. The van der Waals surface area contributed by atoms with Gasteiger partial charge in [-0.2, -0.15) is 0 Å². The van der Waals surface area contributed by atoms with Gasteiger partial charge in [0.1, 0.15) is 0 Å². The van der Waals surface area contributed by atoms with E-state index in [9.17, 15) is 9.90 Å². The average Bonchev–Trinajstić information content (AvgIpc) is 1.86. The van der Waals surface area contributed by atoms with E-state index >= 15 is 0 Å². The Bertz CT molecular complexity index is 141. The second-order valence-electron chi connectivity index (χ2n) is 3.01. The summed E-state index contributed by atoms with van der Waals surface area (Å²) >= 11 is 0. The predicted octanol–water partition coefficient (Wildman–Crippen LogP) is -0.160. The van der Waals surface area contributed by atoms with Crippen molar-refractivity contribution in [2.24, 2.45) is 5.92 Å². The molecule has 66 valence electrons. The Morgan fingerprint density at radius 3 is 2.36 bits per heavy atom. The van der Waals surface area contributed by atoms with E-state index in [1.165, 1.54) is 6.92 Å². The number of carboxylic acid groups (broad SMARTS) is 1. The van der Waals surface area contributed by atoms with Gasteiger partial charge in [0.15, 0.2) is 0 Å². The molecule has 0 aromatic heterocycles. The molecule has 0 spiro atoms. The minimum atomic E-state index is -1.29. The second-order valence-corrected chi connectivity index (χ2v) is 3.01. The molecule has 0 heterocycles. The van der Waals surface area contributed by atoms with Crippen molar-refractivity contribution in [3.8, 4) is 0 Å². The maximum absolute atomic E-state index is 10.2. The third kappa shape index (κ3) is 3.34. The lowest BCUT2D eigenvalue weighted by atomic mass is 9.89. The van der Waals surface area contributed by atoms with Crippen molar-refractivity contribution in [1.82, 2.24) is 0 Å². The van der Waals surface area contributed by atoms with Gasteiger partial charge in [-0.1, -0.05) is 6.92 Å². The quantitative estimate of drug-likeness (QED) is 0.536. The molecule has 4 heteroatoms. The topological polar surface area (TPSA) is 77.8 Å². The van der Waals surface area contributed by atoms with Gasteiger partial charge in [0, 0.05) is 0 Å². The van der Waals surface area contributed by atoms with E-state index in [0.717, 1.165) is 0 Å². The molecule has 0 aliphatic heterocycles. The van der Waals surface area contributed by atoms with Gasteiger partial charge in [0.2, 0.25) is 0 Å². The summed E-state index contributed by atoms with van der Waals surface area (Å²) in [6, 6.07) is 0. The molecule has 3 N–H and O–H groups in total. The van der Waals surface area contributed by atoms with Gasteiger partial charge in [-0.3, -0.25) is 4.79 Å². The summed E-state index contributed by atoms with van der Waals surface area (Å²) in [5.74, 6) is -1.41. The van der Waals surface area contributed by atoms with Crippen molar-refractivity contribution < 1.29 is 20.1 Å². The van der Waals surface area contributed by atoms with Gasteiger partial charge in [0.25, 0.3) is 0 Å². The van der Waals surface area contributed by atoms with E-state index in [2.05, 4.69) is 0 Å². The molecule has 0 aromatic carbocycles. The monoisotopic (exact) mass is 162 g/mol. The summed E-state index contributed by atoms with van der Waals surface area (Å²) < 4.78 is 0. The minimum absolute atomic E-state index is 0.131. The van der Waals surface area contributed by atoms with Crippen LogP contribution in [0.3, 0.4) is 0 Å². The van der Waals surface area contributed by atoms with Crippen molar-refractivity contribution in [3.63, 3.8) is 0 Å². The zero-order valence-electron chi connectivity index (χ0n) is 6.74. The fourth-order valence-corrected chi connectivity index (χ4v) is 0.638. The van der Waals surface area contributed by atoms with Crippen LogP contribution in [0.15, 0.2) is 0 Å². The highest BCUT2D eigenvalue weighted by Gasteiger charge is 2.28. The number of aliphatic hydroxyl groups is 2. The first-order chi connectivity index (χ1) is 4.90. The van der Waals surface area contributed by atoms with Crippen LogP contribution in [-0.2, 0) is 4.79 Å². The first kappa shape index (κ1) is 10.4. The third-order valence-corrected chi connectivity index (χ3v) is 1.86. The second kappa shape index (κ2) is 3.69. The number of rotatable bonds is 4. The highest BCUT2D eigenvalue weighted by atomic mass is 16.4. The maximum atomic E-state index is 10.2. The van der Waals surface area contributed by atoms with Crippen molar-refractivity contribution in [2.45, 2.75) is 25.9 Å². The molecule has 4 nitrogen and oxygen atoms in total. The van der Waals surface area contributed by atoms with Crippen LogP contribution in [0.2, 0.25) is 0 Å². The Morgan fingerprint density at radius 2 is 2.09 bits per heavy atom. The summed E-state index contributed by atoms with van der Waals surface area (Å²) in [5.41, 5.74) is -1.29. The lowest BCUT2D eigenvalue weighted by Crippen LogP contribution is -2.37. The Kier molecular flexibility index (Phi) is 3.48. The molecule has 0 amide bonds. The number of aliphatic carboxylic acids is 1. The summed E-state index contributed by atoms with van der Waals surface area (Å²) in [6.45, 7) is 2.59. The maximum Gasteiger partial charge on any atom is 0.303 e. The van der Waals surface area contributed by atoms with Crippen LogP contribution < -0.4 is 0 Å². The van der Waals surface area contributed by atoms with Crippen LogP contribution in [0.1, 0.15) is 20.3 Å². The van der Waals surface area contributed by atoms with Gasteiger partial charge in [-0.15, -0.1) is 0 Å². The summed E-state index contributed by atoms with van der Waals surface area (Å²) in [4.78, 5) is 10.2. The summed E-state index contributed by atoms with van der Waals surface area (Å²) in [6.07, 6.45) is -0.131. The van der Waals surface area contributed by atoms with Crippen molar-refractivity contribution in [3.05, 3.63) is 0 Å². The molecular formula is C7H14O4. The fourth-order valence-electron chi connectivity index (χ4n) is 0.638. The molecule has 0 aliphatic rings. The molecule has 0 aliphatic carbocycles. The number of aliphatic hydroxyl groups excluding tert-OH is 1. The van der Waals surface area contributed by atoms with Gasteiger partial charge in [0.05, 0.1) is 18.6 Å². The van der Waals surface area contributed by atoms with E-state index in [-0.39, 0.29) is 6.42 Å². The van der Waals surface area contributed by atoms with Crippen molar-refractivity contribution in [2.75, 3.05) is 6.61 Å². The van der Waals surface area contributed by atoms with E-state index in [4.69, 9.17) is 10.2 Å². The largest absolute Gasteiger partial charge is 0.481 e. The fraction of sp³-hybridized carbons (Fsp3) is 0.857. The smallest absolute Gasteiger partial charge is 0.303 e. The zero-order valence-corrected chi connectivity index (χ0v) is 6.74. The SMILES string of the molecule is CC(CC(=O)O)C(C)(O)CO. The van der Waals surface area contributed by atoms with Crippen LogP contribution in [0.5, 0.6) is 0 Å². The van der Waals surface area contributed by atoms with Gasteiger partial charge >= 0.3 is 5.97 Å². The molecule has 0 rings (SSSR count). The van der Waals surface area contributed by atoms with Crippen LogP contribution in [0, 0.1) is 5.92 Å². The van der Waals surface area contributed by atoms with Crippen LogP contribution >= 0.6 is 0 Å². The predicted molar refractivity (Wildman–Crippen MR) is 39.1 cm³/mol. The lowest BCUT2D eigenvalue weighted by molar-refractivity contribution is -0.141. The van der Waals surface area contributed by atoms with Gasteiger partial charge < -0.3 is 15.3 Å². The van der Waals surface area contributed by atoms with E-state index in [1.54, 1.807) is 6.92 Å².